The van der Waals surface area contributed by atoms with Crippen molar-refractivity contribution in [3.63, 3.8) is 0 Å². The van der Waals surface area contributed by atoms with Gasteiger partial charge in [-0.1, -0.05) is 34.6 Å². The lowest BCUT2D eigenvalue weighted by Crippen LogP contribution is -2.37. The molecule has 1 saturated carbocycles. The van der Waals surface area contributed by atoms with Crippen LogP contribution in [0.1, 0.15) is 73.1 Å². The zero-order valence-electron chi connectivity index (χ0n) is 15.0. The molecule has 2 fully saturated rings. The fourth-order valence-electron chi connectivity index (χ4n) is 3.16. The number of hydrogen-bond acceptors (Lipinski definition) is 2. The van der Waals surface area contributed by atoms with Crippen LogP contribution in [0.2, 0.25) is 0 Å². The van der Waals surface area contributed by atoms with Gasteiger partial charge < -0.3 is 4.90 Å². The molecule has 122 valence electrons. The van der Waals surface area contributed by atoms with Crippen LogP contribution in [0.5, 0.6) is 0 Å². The molecule has 0 aromatic rings. The van der Waals surface area contributed by atoms with Gasteiger partial charge in [-0.3, -0.25) is 0 Å². The molecule has 2 aliphatic rings. The Balaban J connectivity index is 0.000000829. The zero-order valence-corrected chi connectivity index (χ0v) is 15.8. The molecule has 1 aliphatic heterocycles. The second kappa shape index (κ2) is 13.0. The van der Waals surface area contributed by atoms with Crippen molar-refractivity contribution in [2.45, 2.75) is 78.4 Å². The Kier molecular flexibility index (Phi) is 13.2. The number of rotatable bonds is 3. The van der Waals surface area contributed by atoms with Crippen LogP contribution in [0, 0.1) is 11.8 Å². The largest absolute Gasteiger partial charge is 0.303 e. The quantitative estimate of drug-likeness (QED) is 0.658. The lowest BCUT2D eigenvalue weighted by atomic mass is 9.87. The van der Waals surface area contributed by atoms with Crippen LogP contribution in [0.4, 0.5) is 0 Å². The van der Waals surface area contributed by atoms with E-state index in [9.17, 15) is 0 Å². The first-order valence-electron chi connectivity index (χ1n) is 9.03. The first kappa shape index (κ1) is 20.3. The highest BCUT2D eigenvalue weighted by atomic mass is 32.2. The van der Waals surface area contributed by atoms with E-state index in [1.807, 2.05) is 27.7 Å². The molecule has 2 heteroatoms. The van der Waals surface area contributed by atoms with Crippen LogP contribution in [0.3, 0.4) is 0 Å². The Morgan fingerprint density at radius 1 is 0.850 bits per heavy atom. The topological polar surface area (TPSA) is 3.24 Å². The van der Waals surface area contributed by atoms with E-state index < -0.39 is 0 Å². The van der Waals surface area contributed by atoms with E-state index in [1.54, 1.807) is 0 Å². The molecule has 0 N–H and O–H groups in total. The molecular formula is C18H39NS. The molecule has 0 aromatic heterocycles. The molecule has 0 unspecified atom stereocenters. The number of thioether (sulfide) groups is 1. The maximum atomic E-state index is 2.73. The number of hydrogen-bond donors (Lipinski definition) is 0. The average molecular weight is 302 g/mol. The molecule has 0 bridgehead atoms. The second-order valence-electron chi connectivity index (χ2n) is 5.86. The summed E-state index contributed by atoms with van der Waals surface area (Å²) in [5, 5.41) is 0.970. The van der Waals surface area contributed by atoms with Crippen LogP contribution >= 0.6 is 11.8 Å². The first-order chi connectivity index (χ1) is 9.78. The molecule has 0 amide bonds. The fraction of sp³-hybridized carbons (Fsp3) is 1.00. The molecule has 20 heavy (non-hydrogen) atoms. The SMILES string of the molecule is CC.CC.CSC1CCC(CN2CCC(C)CC2)CC1. The van der Waals surface area contributed by atoms with Gasteiger partial charge in [-0.2, -0.15) is 11.8 Å². The summed E-state index contributed by atoms with van der Waals surface area (Å²) in [6.45, 7) is 14.5. The predicted octanol–water partition coefficient (Wildman–Crippen LogP) is 5.69. The van der Waals surface area contributed by atoms with Crippen LogP contribution in [-0.4, -0.2) is 36.0 Å². The standard InChI is InChI=1S/C14H27NS.2C2H6/c1-12-7-9-15(10-8-12)11-13-3-5-14(16-2)6-4-13;2*1-2/h12-14H,3-11H2,1-2H3;2*1-2H3. The van der Waals surface area contributed by atoms with Crippen molar-refractivity contribution in [3.8, 4) is 0 Å². The molecule has 1 nitrogen and oxygen atoms in total. The second-order valence-corrected chi connectivity index (χ2v) is 7.00. The van der Waals surface area contributed by atoms with Gasteiger partial charge >= 0.3 is 0 Å². The smallest absolute Gasteiger partial charge is 0.00445 e. The molecule has 0 aromatic carbocycles. The fourth-order valence-corrected chi connectivity index (χ4v) is 3.90. The number of piperidine rings is 1. The Morgan fingerprint density at radius 3 is 1.80 bits per heavy atom. The molecule has 0 spiro atoms. The minimum atomic E-state index is 0.970. The highest BCUT2D eigenvalue weighted by molar-refractivity contribution is 7.99. The molecule has 0 atom stereocenters. The number of nitrogens with zero attached hydrogens (tertiary/aromatic N) is 1. The van der Waals surface area contributed by atoms with Crippen molar-refractivity contribution in [2.75, 3.05) is 25.9 Å². The van der Waals surface area contributed by atoms with Crippen molar-refractivity contribution in [1.82, 2.24) is 4.90 Å². The Hall–Kier alpha value is 0.310. The summed E-state index contributed by atoms with van der Waals surface area (Å²) in [4.78, 5) is 2.73. The van der Waals surface area contributed by atoms with Gasteiger partial charge in [-0.25, -0.2) is 0 Å². The van der Waals surface area contributed by atoms with Gasteiger partial charge in [0.15, 0.2) is 0 Å². The summed E-state index contributed by atoms with van der Waals surface area (Å²) >= 11 is 2.08. The highest BCUT2D eigenvalue weighted by Crippen LogP contribution is 2.31. The third-order valence-electron chi connectivity index (χ3n) is 4.52. The minimum absolute atomic E-state index is 0.970. The van der Waals surface area contributed by atoms with Crippen molar-refractivity contribution in [2.24, 2.45) is 11.8 Å². The van der Waals surface area contributed by atoms with Gasteiger partial charge in [-0.05, 0) is 69.7 Å². The van der Waals surface area contributed by atoms with Gasteiger partial charge in [0, 0.05) is 11.8 Å². The van der Waals surface area contributed by atoms with Crippen molar-refractivity contribution in [1.29, 1.82) is 0 Å². The first-order valence-corrected chi connectivity index (χ1v) is 10.3. The van der Waals surface area contributed by atoms with Crippen LogP contribution in [0.25, 0.3) is 0 Å². The molecule has 1 aliphatic carbocycles. The number of likely N-dealkylation sites (tertiary alicyclic amines) is 1. The van der Waals surface area contributed by atoms with Crippen LogP contribution in [0.15, 0.2) is 0 Å². The third-order valence-corrected chi connectivity index (χ3v) is 5.66. The van der Waals surface area contributed by atoms with Gasteiger partial charge in [0.1, 0.15) is 0 Å². The monoisotopic (exact) mass is 301 g/mol. The Morgan fingerprint density at radius 2 is 1.35 bits per heavy atom. The lowest BCUT2D eigenvalue weighted by molar-refractivity contribution is 0.152. The van der Waals surface area contributed by atoms with Crippen molar-refractivity contribution < 1.29 is 0 Å². The van der Waals surface area contributed by atoms with E-state index in [-0.39, 0.29) is 0 Å². The van der Waals surface area contributed by atoms with E-state index >= 15 is 0 Å². The molecule has 0 radical (unpaired) electrons. The normalized spacial score (nSPS) is 27.9. The van der Waals surface area contributed by atoms with Gasteiger partial charge in [-0.15, -0.1) is 0 Å². The van der Waals surface area contributed by atoms with Gasteiger partial charge in [0.25, 0.3) is 0 Å². The summed E-state index contributed by atoms with van der Waals surface area (Å²) in [5.74, 6) is 1.99. The zero-order chi connectivity index (χ0) is 15.4. The van der Waals surface area contributed by atoms with Crippen molar-refractivity contribution >= 4 is 11.8 Å². The van der Waals surface area contributed by atoms with E-state index in [2.05, 4.69) is 29.8 Å². The Labute approximate surface area is 133 Å². The maximum Gasteiger partial charge on any atom is 0.00445 e. The molecule has 2 rings (SSSR count). The van der Waals surface area contributed by atoms with E-state index in [1.165, 1.54) is 58.2 Å². The highest BCUT2D eigenvalue weighted by Gasteiger charge is 2.24. The molecule has 1 heterocycles. The summed E-state index contributed by atoms with van der Waals surface area (Å²) in [7, 11) is 0. The minimum Gasteiger partial charge on any atom is -0.303 e. The predicted molar refractivity (Wildman–Crippen MR) is 96.8 cm³/mol. The van der Waals surface area contributed by atoms with Gasteiger partial charge in [0.05, 0.1) is 0 Å². The van der Waals surface area contributed by atoms with Crippen LogP contribution < -0.4 is 0 Å². The van der Waals surface area contributed by atoms with Crippen molar-refractivity contribution in [3.05, 3.63) is 0 Å². The summed E-state index contributed by atoms with van der Waals surface area (Å²) in [6, 6.07) is 0. The van der Waals surface area contributed by atoms with Crippen LogP contribution in [-0.2, 0) is 0 Å². The van der Waals surface area contributed by atoms with E-state index in [4.69, 9.17) is 0 Å². The van der Waals surface area contributed by atoms with E-state index in [0.717, 1.165) is 17.1 Å². The average Bonchev–Trinajstić information content (AvgIpc) is 2.54. The summed E-state index contributed by atoms with van der Waals surface area (Å²) in [6.07, 6.45) is 11.0. The summed E-state index contributed by atoms with van der Waals surface area (Å²) in [5.41, 5.74) is 0. The van der Waals surface area contributed by atoms with E-state index in [0.29, 0.717) is 0 Å². The third kappa shape index (κ3) is 7.93. The lowest BCUT2D eigenvalue weighted by Gasteiger charge is -2.35. The maximum absolute atomic E-state index is 2.73. The molecule has 1 saturated heterocycles. The van der Waals surface area contributed by atoms with Gasteiger partial charge in [0.2, 0.25) is 0 Å². The Bertz CT molecular complexity index is 192. The molecular weight excluding hydrogens is 262 g/mol. The summed E-state index contributed by atoms with van der Waals surface area (Å²) < 4.78 is 0.